The molecule has 0 atom stereocenters. The van der Waals surface area contributed by atoms with Crippen LogP contribution in [0.25, 0.3) is 0 Å². The van der Waals surface area contributed by atoms with Gasteiger partial charge in [-0.05, 0) is 12.8 Å². The largest absolute Gasteiger partial charge is 0.379 e. The van der Waals surface area contributed by atoms with Crippen molar-refractivity contribution in [3.05, 3.63) is 0 Å². The third-order valence-electron chi connectivity index (χ3n) is 4.18. The molecule has 0 aromatic rings. The van der Waals surface area contributed by atoms with Crippen LogP contribution in [0.15, 0.2) is 0 Å². The summed E-state index contributed by atoms with van der Waals surface area (Å²) in [7, 11) is 6.88. The maximum Gasteiger partial charge on any atom is 0.379 e. The van der Waals surface area contributed by atoms with E-state index in [9.17, 15) is 13.2 Å². The van der Waals surface area contributed by atoms with Crippen LogP contribution >= 0.6 is 0 Å². The Morgan fingerprint density at radius 3 is 1.04 bits per heavy atom. The van der Waals surface area contributed by atoms with Crippen molar-refractivity contribution < 1.29 is 17.7 Å². The molecule has 0 unspecified atom stereocenters. The minimum absolute atomic E-state index is 1.12. The first-order valence-corrected chi connectivity index (χ1v) is 10.0. The summed E-state index contributed by atoms with van der Waals surface area (Å²) in [6, 6.07) is 0. The van der Waals surface area contributed by atoms with Gasteiger partial charge in [0.05, 0.1) is 27.7 Å². The van der Waals surface area contributed by atoms with Crippen LogP contribution in [0.3, 0.4) is 0 Å². The Balaban J connectivity index is 0. The smallest absolute Gasteiger partial charge is 0.331 e. The van der Waals surface area contributed by atoms with Gasteiger partial charge in [-0.1, -0.05) is 84.0 Å². The van der Waals surface area contributed by atoms with E-state index in [1.165, 1.54) is 96.4 Å². The van der Waals surface area contributed by atoms with Gasteiger partial charge in [-0.3, -0.25) is 0 Å². The van der Waals surface area contributed by atoms with Crippen LogP contribution in [0.5, 0.6) is 0 Å². The van der Waals surface area contributed by atoms with Gasteiger partial charge < -0.3 is 4.48 Å². The monoisotopic (exact) mass is 354 g/mol. The lowest BCUT2D eigenvalue weighted by Crippen LogP contribution is -2.35. The Hall–Kier alpha value is -0.250. The van der Waals surface area contributed by atoms with E-state index in [4.69, 9.17) is 0 Å². The molecule has 24 heavy (non-hydrogen) atoms. The van der Waals surface area contributed by atoms with Gasteiger partial charge >= 0.3 is 6.68 Å². The van der Waals surface area contributed by atoms with Crippen LogP contribution < -0.4 is 0 Å². The minimum atomic E-state index is -3.67. The van der Waals surface area contributed by atoms with Crippen molar-refractivity contribution in [1.29, 1.82) is 0 Å². The Morgan fingerprint density at radius 1 is 0.542 bits per heavy atom. The van der Waals surface area contributed by atoms with Crippen LogP contribution in [0, 0.1) is 0 Å². The number of unbranched alkanes of at least 4 members (excludes halogenated alkanes) is 13. The van der Waals surface area contributed by atoms with Gasteiger partial charge in [-0.25, -0.2) is 0 Å². The highest BCUT2D eigenvalue weighted by Gasteiger charge is 2.04. The minimum Gasteiger partial charge on any atom is -0.331 e. The quantitative estimate of drug-likeness (QED) is 0.213. The molecule has 0 aliphatic rings. The van der Waals surface area contributed by atoms with Gasteiger partial charge in [0.2, 0.25) is 0 Å². The molecule has 0 heterocycles. The molecule has 0 bridgehead atoms. The van der Waals surface area contributed by atoms with Gasteiger partial charge in [-0.15, -0.1) is 0 Å². The lowest BCUT2D eigenvalue weighted by molar-refractivity contribution is -0.870. The molecule has 0 aromatic carbocycles. The number of rotatable bonds is 15. The molecule has 0 fully saturated rings. The van der Waals surface area contributed by atoms with Crippen LogP contribution in [0.2, 0.25) is 0 Å². The molecule has 0 amide bonds. The third-order valence-corrected chi connectivity index (χ3v) is 4.18. The van der Waals surface area contributed by atoms with Crippen molar-refractivity contribution in [3.63, 3.8) is 0 Å². The molecule has 0 aromatic heterocycles. The van der Waals surface area contributed by atoms with Gasteiger partial charge in [0.25, 0.3) is 0 Å². The summed E-state index contributed by atoms with van der Waals surface area (Å²) in [4.78, 5) is 0. The molecular weight excluding hydrogens is 311 g/mol. The van der Waals surface area contributed by atoms with Gasteiger partial charge in [-0.2, -0.15) is 13.2 Å². The Kier molecular flexibility index (Phi) is 20.7. The molecule has 0 spiro atoms. The van der Waals surface area contributed by atoms with Crippen LogP contribution in [0.1, 0.15) is 96.8 Å². The van der Waals surface area contributed by atoms with Crippen molar-refractivity contribution in [2.75, 3.05) is 27.7 Å². The van der Waals surface area contributed by atoms with Crippen LogP contribution in [-0.4, -0.2) is 38.9 Å². The summed E-state index contributed by atoms with van der Waals surface area (Å²) in [6.07, 6.45) is 20.4. The first-order valence-electron chi connectivity index (χ1n) is 10.0. The van der Waals surface area contributed by atoms with Crippen molar-refractivity contribution >= 4 is 0 Å². The number of nitrogens with zero attached hydrogens (tertiary/aromatic N) is 1. The number of quaternary nitrogens is 1. The molecule has 0 aliphatic carbocycles. The highest BCUT2D eigenvalue weighted by Crippen LogP contribution is 2.13. The number of hydrogen-bond acceptors (Lipinski definition) is 0. The fourth-order valence-electron chi connectivity index (χ4n) is 2.78. The lowest BCUT2D eigenvalue weighted by atomic mass is 10.0. The normalized spacial score (nSPS) is 11.5. The second-order valence-corrected chi connectivity index (χ2v) is 7.86. The summed E-state index contributed by atoms with van der Waals surface area (Å²) in [5.41, 5.74) is 0. The van der Waals surface area contributed by atoms with Gasteiger partial charge in [0, 0.05) is 0 Å². The van der Waals surface area contributed by atoms with Crippen LogP contribution in [0.4, 0.5) is 13.2 Å². The van der Waals surface area contributed by atoms with E-state index in [0.29, 0.717) is 0 Å². The number of hydrogen-bond donors (Lipinski definition) is 0. The van der Waals surface area contributed by atoms with E-state index in [0.717, 1.165) is 4.48 Å². The molecule has 4 heteroatoms. The highest BCUT2D eigenvalue weighted by molar-refractivity contribution is 4.49. The van der Waals surface area contributed by atoms with Gasteiger partial charge in [0.1, 0.15) is 0 Å². The second kappa shape index (κ2) is 19.1. The maximum absolute atomic E-state index is 9.67. The molecule has 0 aliphatic heterocycles. The Labute approximate surface area is 149 Å². The van der Waals surface area contributed by atoms with E-state index in [-0.39, 0.29) is 0 Å². The summed E-state index contributed by atoms with van der Waals surface area (Å²) in [5.74, 6) is 0. The first kappa shape index (κ1) is 26.0. The number of alkyl halides is 3. The SMILES string of the molecule is CCCCCCCCCCCCCCCC[N+](C)(C)C.FC(F)F. The standard InChI is InChI=1S/C19H42N.CHF3/c1-5-6-7-8-9-10-11-12-13-14-15-16-17-18-19-20(2,3)4;2-1(3)4/h5-19H2,1-4H3;1H/q+1;. The Morgan fingerprint density at radius 2 is 0.792 bits per heavy atom. The second-order valence-electron chi connectivity index (χ2n) is 7.86. The van der Waals surface area contributed by atoms with Crippen LogP contribution in [-0.2, 0) is 0 Å². The number of halogens is 3. The van der Waals surface area contributed by atoms with Crippen molar-refractivity contribution in [1.82, 2.24) is 0 Å². The van der Waals surface area contributed by atoms with Crippen molar-refractivity contribution in [2.45, 2.75) is 103 Å². The topological polar surface area (TPSA) is 0 Å². The Bertz CT molecular complexity index is 225. The van der Waals surface area contributed by atoms with Gasteiger partial charge in [0.15, 0.2) is 0 Å². The molecule has 0 saturated heterocycles. The summed E-state index contributed by atoms with van der Waals surface area (Å²) < 4.78 is 30.1. The first-order chi connectivity index (χ1) is 11.3. The van der Waals surface area contributed by atoms with E-state index < -0.39 is 6.68 Å². The molecule has 1 nitrogen and oxygen atoms in total. The summed E-state index contributed by atoms with van der Waals surface area (Å²) >= 11 is 0. The average molecular weight is 355 g/mol. The molecule has 0 N–H and O–H groups in total. The zero-order valence-corrected chi connectivity index (χ0v) is 16.8. The average Bonchev–Trinajstić information content (AvgIpc) is 2.46. The highest BCUT2D eigenvalue weighted by atomic mass is 19.4. The van der Waals surface area contributed by atoms with E-state index in [1.54, 1.807) is 0 Å². The summed E-state index contributed by atoms with van der Waals surface area (Å²) in [6.45, 7) is -0.0414. The summed E-state index contributed by atoms with van der Waals surface area (Å²) in [5, 5.41) is 0. The third kappa shape index (κ3) is 33.4. The fourth-order valence-corrected chi connectivity index (χ4v) is 2.78. The molecular formula is C20H43F3N+. The van der Waals surface area contributed by atoms with E-state index >= 15 is 0 Å². The molecule has 0 radical (unpaired) electrons. The predicted octanol–water partition coefficient (Wildman–Crippen LogP) is 7.35. The van der Waals surface area contributed by atoms with Crippen molar-refractivity contribution in [2.24, 2.45) is 0 Å². The van der Waals surface area contributed by atoms with Crippen molar-refractivity contribution in [3.8, 4) is 0 Å². The van der Waals surface area contributed by atoms with E-state index in [2.05, 4.69) is 28.1 Å². The predicted molar refractivity (Wildman–Crippen MR) is 100 cm³/mol. The molecule has 0 rings (SSSR count). The van der Waals surface area contributed by atoms with E-state index in [1.807, 2.05) is 0 Å². The molecule has 0 saturated carbocycles. The zero-order valence-electron chi connectivity index (χ0n) is 16.8. The fraction of sp³-hybridized carbons (Fsp3) is 1.00. The zero-order chi connectivity index (χ0) is 18.7. The molecule has 148 valence electrons. The lowest BCUT2D eigenvalue weighted by Gasteiger charge is -2.23. The maximum atomic E-state index is 9.67.